The Labute approximate surface area is 145 Å². The van der Waals surface area contributed by atoms with E-state index in [4.69, 9.17) is 4.74 Å². The maximum Gasteiger partial charge on any atom is 0.246 e. The van der Waals surface area contributed by atoms with Crippen molar-refractivity contribution in [3.63, 3.8) is 0 Å². The van der Waals surface area contributed by atoms with Crippen molar-refractivity contribution in [3.8, 4) is 0 Å². The van der Waals surface area contributed by atoms with Crippen molar-refractivity contribution in [1.82, 2.24) is 9.21 Å². The van der Waals surface area contributed by atoms with Crippen molar-refractivity contribution in [2.45, 2.75) is 17.7 Å². The highest BCUT2D eigenvalue weighted by atomic mass is 32.2. The first-order valence-corrected chi connectivity index (χ1v) is 9.65. The fraction of sp³-hybridized carbons (Fsp3) is 0.562. The number of sulfonamides is 1. The second kappa shape index (κ2) is 7.35. The molecule has 0 unspecified atom stereocenters. The predicted molar refractivity (Wildman–Crippen MR) is 85.2 cm³/mol. The van der Waals surface area contributed by atoms with Crippen molar-refractivity contribution in [2.75, 3.05) is 39.4 Å². The number of hydrogen-bond donors (Lipinski definition) is 0. The standard InChI is InChI=1S/C16H20F2N2O4S/c17-13-1-2-14(18)15(11-13)25(22,23)20-7-5-19(6-8-20)16(21)12-3-9-24-10-4-12/h1-2,11-12H,3-10H2. The van der Waals surface area contributed by atoms with E-state index < -0.39 is 26.6 Å². The van der Waals surface area contributed by atoms with E-state index >= 15 is 0 Å². The van der Waals surface area contributed by atoms with Gasteiger partial charge in [-0.1, -0.05) is 0 Å². The summed E-state index contributed by atoms with van der Waals surface area (Å²) in [7, 11) is -4.13. The van der Waals surface area contributed by atoms with Gasteiger partial charge in [0.2, 0.25) is 15.9 Å². The van der Waals surface area contributed by atoms with Gasteiger partial charge in [0.25, 0.3) is 0 Å². The summed E-state index contributed by atoms with van der Waals surface area (Å²) in [6.45, 7) is 1.73. The molecule has 2 heterocycles. The molecule has 6 nitrogen and oxygen atoms in total. The summed E-state index contributed by atoms with van der Waals surface area (Å²) in [6, 6.07) is 2.36. The topological polar surface area (TPSA) is 66.9 Å². The van der Waals surface area contributed by atoms with Gasteiger partial charge in [-0.3, -0.25) is 4.79 Å². The summed E-state index contributed by atoms with van der Waals surface area (Å²) in [5.41, 5.74) is 0. The highest BCUT2D eigenvalue weighted by Crippen LogP contribution is 2.23. The molecule has 1 aromatic rings. The Bertz CT molecular complexity index is 743. The average molecular weight is 374 g/mol. The molecule has 9 heteroatoms. The third kappa shape index (κ3) is 3.83. The third-order valence-corrected chi connectivity index (χ3v) is 6.55. The molecule has 0 spiro atoms. The predicted octanol–water partition coefficient (Wildman–Crippen LogP) is 1.22. The fourth-order valence-electron chi connectivity index (χ4n) is 3.17. The van der Waals surface area contributed by atoms with E-state index in [0.29, 0.717) is 32.1 Å². The van der Waals surface area contributed by atoms with E-state index in [9.17, 15) is 22.0 Å². The molecule has 25 heavy (non-hydrogen) atoms. The highest BCUT2D eigenvalue weighted by molar-refractivity contribution is 7.89. The van der Waals surface area contributed by atoms with Crippen LogP contribution in [0, 0.1) is 17.6 Å². The molecule has 138 valence electrons. The summed E-state index contributed by atoms with van der Waals surface area (Å²) in [4.78, 5) is 13.4. The van der Waals surface area contributed by atoms with E-state index in [1.54, 1.807) is 4.90 Å². The zero-order valence-electron chi connectivity index (χ0n) is 13.7. The Balaban J connectivity index is 1.67. The molecular weight excluding hydrogens is 354 g/mol. The molecule has 2 fully saturated rings. The molecule has 0 bridgehead atoms. The van der Waals surface area contributed by atoms with Crippen LogP contribution < -0.4 is 0 Å². The average Bonchev–Trinajstić information content (AvgIpc) is 2.64. The van der Waals surface area contributed by atoms with E-state index in [1.807, 2.05) is 0 Å². The van der Waals surface area contributed by atoms with Crippen LogP contribution in [-0.4, -0.2) is 62.9 Å². The van der Waals surface area contributed by atoms with Crippen molar-refractivity contribution in [3.05, 3.63) is 29.8 Å². The molecular formula is C16H20F2N2O4S. The van der Waals surface area contributed by atoms with Gasteiger partial charge in [0, 0.05) is 45.3 Å². The van der Waals surface area contributed by atoms with Crippen LogP contribution in [-0.2, 0) is 19.6 Å². The van der Waals surface area contributed by atoms with Crippen LogP contribution in [0.15, 0.2) is 23.1 Å². The number of piperazine rings is 1. The van der Waals surface area contributed by atoms with Crippen LogP contribution in [0.3, 0.4) is 0 Å². The van der Waals surface area contributed by atoms with Gasteiger partial charge in [-0.05, 0) is 31.0 Å². The van der Waals surface area contributed by atoms with Gasteiger partial charge < -0.3 is 9.64 Å². The molecule has 0 aliphatic carbocycles. The van der Waals surface area contributed by atoms with Gasteiger partial charge in [0.1, 0.15) is 16.5 Å². The zero-order valence-corrected chi connectivity index (χ0v) is 14.5. The summed E-state index contributed by atoms with van der Waals surface area (Å²) < 4.78 is 58.5. The molecule has 0 atom stereocenters. The maximum atomic E-state index is 13.8. The lowest BCUT2D eigenvalue weighted by Crippen LogP contribution is -2.52. The van der Waals surface area contributed by atoms with Gasteiger partial charge in [-0.15, -0.1) is 0 Å². The first-order chi connectivity index (χ1) is 11.9. The number of carbonyl (C=O) groups excluding carboxylic acids is 1. The molecule has 0 saturated carbocycles. The molecule has 1 amide bonds. The number of hydrogen-bond acceptors (Lipinski definition) is 4. The van der Waals surface area contributed by atoms with Crippen LogP contribution >= 0.6 is 0 Å². The molecule has 1 aromatic carbocycles. The van der Waals surface area contributed by atoms with Crippen molar-refractivity contribution in [1.29, 1.82) is 0 Å². The number of amides is 1. The molecule has 2 aliphatic rings. The molecule has 2 aliphatic heterocycles. The Morgan fingerprint density at radius 3 is 2.36 bits per heavy atom. The van der Waals surface area contributed by atoms with Gasteiger partial charge >= 0.3 is 0 Å². The Kier molecular flexibility index (Phi) is 5.35. The summed E-state index contributed by atoms with van der Waals surface area (Å²) in [5.74, 6) is -1.87. The lowest BCUT2D eigenvalue weighted by atomic mass is 9.98. The van der Waals surface area contributed by atoms with Crippen LogP contribution in [0.2, 0.25) is 0 Å². The highest BCUT2D eigenvalue weighted by Gasteiger charge is 2.34. The molecule has 3 rings (SSSR count). The monoisotopic (exact) mass is 374 g/mol. The third-order valence-electron chi connectivity index (χ3n) is 4.63. The van der Waals surface area contributed by atoms with Crippen molar-refractivity contribution < 1.29 is 26.7 Å². The normalized spacial score (nSPS) is 20.6. The first-order valence-electron chi connectivity index (χ1n) is 8.21. The van der Waals surface area contributed by atoms with Gasteiger partial charge in [-0.2, -0.15) is 4.31 Å². The minimum Gasteiger partial charge on any atom is -0.381 e. The smallest absolute Gasteiger partial charge is 0.246 e. The minimum atomic E-state index is -4.13. The SMILES string of the molecule is O=C(C1CCOCC1)N1CCN(S(=O)(=O)c2cc(F)ccc2F)CC1. The molecule has 0 radical (unpaired) electrons. The Hall–Kier alpha value is -1.58. The summed E-state index contributed by atoms with van der Waals surface area (Å²) in [6.07, 6.45) is 1.34. The van der Waals surface area contributed by atoms with Crippen molar-refractivity contribution in [2.24, 2.45) is 5.92 Å². The lowest BCUT2D eigenvalue weighted by Gasteiger charge is -2.36. The number of rotatable bonds is 3. The molecule has 0 N–H and O–H groups in total. The Morgan fingerprint density at radius 2 is 1.72 bits per heavy atom. The number of benzene rings is 1. The van der Waals surface area contributed by atoms with Crippen LogP contribution in [0.25, 0.3) is 0 Å². The molecule has 2 saturated heterocycles. The fourth-order valence-corrected chi connectivity index (χ4v) is 4.66. The van der Waals surface area contributed by atoms with E-state index in [0.717, 1.165) is 16.4 Å². The zero-order chi connectivity index (χ0) is 18.0. The molecule has 0 aromatic heterocycles. The minimum absolute atomic E-state index is 0.0114. The number of ether oxygens (including phenoxy) is 1. The van der Waals surface area contributed by atoms with Gasteiger partial charge in [0.15, 0.2) is 0 Å². The maximum absolute atomic E-state index is 13.8. The second-order valence-corrected chi connectivity index (χ2v) is 8.10. The van der Waals surface area contributed by atoms with Gasteiger partial charge in [0.05, 0.1) is 0 Å². The largest absolute Gasteiger partial charge is 0.381 e. The second-order valence-electron chi connectivity index (χ2n) is 6.19. The van der Waals surface area contributed by atoms with E-state index in [2.05, 4.69) is 0 Å². The van der Waals surface area contributed by atoms with Gasteiger partial charge in [-0.25, -0.2) is 17.2 Å². The number of nitrogens with zero attached hydrogens (tertiary/aromatic N) is 2. The summed E-state index contributed by atoms with van der Waals surface area (Å²) >= 11 is 0. The summed E-state index contributed by atoms with van der Waals surface area (Å²) in [5, 5.41) is 0. The first kappa shape index (κ1) is 18.2. The van der Waals surface area contributed by atoms with E-state index in [1.165, 1.54) is 0 Å². The van der Waals surface area contributed by atoms with Crippen LogP contribution in [0.4, 0.5) is 8.78 Å². The number of carbonyl (C=O) groups is 1. The quantitative estimate of drug-likeness (QED) is 0.798. The van der Waals surface area contributed by atoms with Crippen LogP contribution in [0.5, 0.6) is 0 Å². The van der Waals surface area contributed by atoms with Crippen LogP contribution in [0.1, 0.15) is 12.8 Å². The lowest BCUT2D eigenvalue weighted by molar-refractivity contribution is -0.139. The Morgan fingerprint density at radius 1 is 1.08 bits per heavy atom. The van der Waals surface area contributed by atoms with Crippen molar-refractivity contribution >= 4 is 15.9 Å². The number of halogens is 2. The van der Waals surface area contributed by atoms with E-state index in [-0.39, 0.29) is 38.0 Å².